The molecule has 0 aromatic heterocycles. The molecule has 118 valence electrons. The first-order valence-electron chi connectivity index (χ1n) is 7.86. The number of amides is 1. The van der Waals surface area contributed by atoms with Crippen molar-refractivity contribution in [2.75, 3.05) is 29.9 Å². The zero-order valence-corrected chi connectivity index (χ0v) is 14.0. The molecule has 0 unspecified atom stereocenters. The van der Waals surface area contributed by atoms with Gasteiger partial charge in [-0.15, -0.1) is 0 Å². The normalized spacial score (nSPS) is 10.6. The van der Waals surface area contributed by atoms with Crippen molar-refractivity contribution in [2.45, 2.75) is 47.1 Å². The number of benzene rings is 1. The number of rotatable bonds is 8. The lowest BCUT2D eigenvalue weighted by atomic mass is 10.1. The second-order valence-corrected chi connectivity index (χ2v) is 5.57. The fraction of sp³-hybridized carbons (Fsp3) is 0.588. The Labute approximate surface area is 128 Å². The molecule has 1 aromatic rings. The molecule has 0 heterocycles. The van der Waals surface area contributed by atoms with Gasteiger partial charge in [-0.2, -0.15) is 0 Å². The standard InChI is InChI=1S/C17H29N3O/c1-6-20(7-2)15-8-9-16(14(5)12-15)18-11-10-17(21)19-13(3)4/h8-9,12-13,18H,6-7,10-11H2,1-5H3,(H,19,21). The summed E-state index contributed by atoms with van der Waals surface area (Å²) in [6.45, 7) is 13.1. The number of hydrogen-bond donors (Lipinski definition) is 2. The van der Waals surface area contributed by atoms with Crippen molar-refractivity contribution in [3.63, 3.8) is 0 Å². The van der Waals surface area contributed by atoms with E-state index in [1.54, 1.807) is 0 Å². The van der Waals surface area contributed by atoms with Gasteiger partial charge in [0.2, 0.25) is 5.91 Å². The van der Waals surface area contributed by atoms with E-state index >= 15 is 0 Å². The molecule has 0 aliphatic rings. The third-order valence-electron chi connectivity index (χ3n) is 3.46. The Hall–Kier alpha value is -1.71. The highest BCUT2D eigenvalue weighted by Crippen LogP contribution is 2.22. The van der Waals surface area contributed by atoms with Crippen molar-refractivity contribution < 1.29 is 4.79 Å². The molecular formula is C17H29N3O. The van der Waals surface area contributed by atoms with Crippen LogP contribution in [0.25, 0.3) is 0 Å². The minimum Gasteiger partial charge on any atom is -0.384 e. The van der Waals surface area contributed by atoms with Crippen molar-refractivity contribution in [1.29, 1.82) is 0 Å². The number of nitrogens with one attached hydrogen (secondary N) is 2. The summed E-state index contributed by atoms with van der Waals surface area (Å²) in [5.74, 6) is 0.0925. The lowest BCUT2D eigenvalue weighted by Gasteiger charge is -2.22. The maximum atomic E-state index is 11.6. The van der Waals surface area contributed by atoms with Crippen LogP contribution in [0.15, 0.2) is 18.2 Å². The van der Waals surface area contributed by atoms with Gasteiger partial charge in [0, 0.05) is 43.5 Å². The largest absolute Gasteiger partial charge is 0.384 e. The Kier molecular flexibility index (Phi) is 7.06. The molecule has 0 spiro atoms. The van der Waals surface area contributed by atoms with Crippen LogP contribution in [0, 0.1) is 6.92 Å². The monoisotopic (exact) mass is 291 g/mol. The predicted octanol–water partition coefficient (Wildman–Crippen LogP) is 3.17. The molecule has 0 saturated carbocycles. The van der Waals surface area contributed by atoms with Crippen LogP contribution in [0.4, 0.5) is 11.4 Å². The van der Waals surface area contributed by atoms with Gasteiger partial charge in [0.15, 0.2) is 0 Å². The van der Waals surface area contributed by atoms with Gasteiger partial charge in [-0.3, -0.25) is 4.79 Å². The lowest BCUT2D eigenvalue weighted by molar-refractivity contribution is -0.121. The summed E-state index contributed by atoms with van der Waals surface area (Å²) in [6, 6.07) is 6.64. The van der Waals surface area contributed by atoms with Gasteiger partial charge in [-0.1, -0.05) is 0 Å². The third-order valence-corrected chi connectivity index (χ3v) is 3.46. The van der Waals surface area contributed by atoms with Crippen LogP contribution in [0.2, 0.25) is 0 Å². The van der Waals surface area contributed by atoms with Crippen molar-refractivity contribution in [3.8, 4) is 0 Å². The van der Waals surface area contributed by atoms with E-state index in [2.05, 4.69) is 54.5 Å². The fourth-order valence-corrected chi connectivity index (χ4v) is 2.34. The number of anilines is 2. The Morgan fingerprint density at radius 2 is 1.90 bits per heavy atom. The Morgan fingerprint density at radius 3 is 2.43 bits per heavy atom. The number of hydrogen-bond acceptors (Lipinski definition) is 3. The molecule has 2 N–H and O–H groups in total. The minimum absolute atomic E-state index is 0.0925. The van der Waals surface area contributed by atoms with E-state index in [-0.39, 0.29) is 11.9 Å². The summed E-state index contributed by atoms with van der Waals surface area (Å²) in [4.78, 5) is 13.9. The first-order valence-corrected chi connectivity index (χ1v) is 7.86. The summed E-state index contributed by atoms with van der Waals surface area (Å²) in [5, 5.41) is 6.24. The molecule has 0 saturated heterocycles. The zero-order chi connectivity index (χ0) is 15.8. The SMILES string of the molecule is CCN(CC)c1ccc(NCCC(=O)NC(C)C)c(C)c1. The van der Waals surface area contributed by atoms with Crippen LogP contribution in [-0.2, 0) is 4.79 Å². The highest BCUT2D eigenvalue weighted by Gasteiger charge is 2.06. The molecule has 1 rings (SSSR count). The van der Waals surface area contributed by atoms with Gasteiger partial charge < -0.3 is 15.5 Å². The van der Waals surface area contributed by atoms with Crippen LogP contribution in [0.3, 0.4) is 0 Å². The van der Waals surface area contributed by atoms with E-state index < -0.39 is 0 Å². The molecule has 0 aliphatic carbocycles. The molecule has 0 bridgehead atoms. The predicted molar refractivity (Wildman–Crippen MR) is 91.1 cm³/mol. The summed E-state index contributed by atoms with van der Waals surface area (Å²) < 4.78 is 0. The van der Waals surface area contributed by atoms with Crippen LogP contribution in [0.1, 0.15) is 39.7 Å². The molecule has 0 aliphatic heterocycles. The minimum atomic E-state index is 0.0925. The smallest absolute Gasteiger partial charge is 0.221 e. The van der Waals surface area contributed by atoms with Gasteiger partial charge in [0.25, 0.3) is 0 Å². The molecule has 1 aromatic carbocycles. The van der Waals surface area contributed by atoms with Crippen LogP contribution in [0.5, 0.6) is 0 Å². The molecule has 1 amide bonds. The molecule has 0 atom stereocenters. The highest BCUT2D eigenvalue weighted by atomic mass is 16.1. The number of nitrogens with zero attached hydrogens (tertiary/aromatic N) is 1. The van der Waals surface area contributed by atoms with Gasteiger partial charge in [-0.25, -0.2) is 0 Å². The van der Waals surface area contributed by atoms with E-state index in [9.17, 15) is 4.79 Å². The van der Waals surface area contributed by atoms with E-state index in [4.69, 9.17) is 0 Å². The number of carbonyl (C=O) groups excluding carboxylic acids is 1. The third kappa shape index (κ3) is 5.66. The lowest BCUT2D eigenvalue weighted by Crippen LogP contribution is -2.31. The zero-order valence-electron chi connectivity index (χ0n) is 14.0. The van der Waals surface area contributed by atoms with Gasteiger partial charge >= 0.3 is 0 Å². The average Bonchev–Trinajstić information content (AvgIpc) is 2.41. The Bertz CT molecular complexity index is 453. The van der Waals surface area contributed by atoms with E-state index in [1.165, 1.54) is 11.3 Å². The summed E-state index contributed by atoms with van der Waals surface area (Å²) in [5.41, 5.74) is 3.56. The van der Waals surface area contributed by atoms with Crippen molar-refractivity contribution in [2.24, 2.45) is 0 Å². The average molecular weight is 291 g/mol. The molecule has 21 heavy (non-hydrogen) atoms. The van der Waals surface area contributed by atoms with Crippen LogP contribution >= 0.6 is 0 Å². The Morgan fingerprint density at radius 1 is 1.24 bits per heavy atom. The number of aryl methyl sites for hydroxylation is 1. The van der Waals surface area contributed by atoms with Crippen molar-refractivity contribution >= 4 is 17.3 Å². The first kappa shape index (κ1) is 17.3. The molecule has 0 radical (unpaired) electrons. The maximum absolute atomic E-state index is 11.6. The fourth-order valence-electron chi connectivity index (χ4n) is 2.34. The van der Waals surface area contributed by atoms with E-state index in [0.29, 0.717) is 13.0 Å². The van der Waals surface area contributed by atoms with Gasteiger partial charge in [0.1, 0.15) is 0 Å². The van der Waals surface area contributed by atoms with E-state index in [1.807, 2.05) is 13.8 Å². The van der Waals surface area contributed by atoms with Crippen molar-refractivity contribution in [1.82, 2.24) is 5.32 Å². The topological polar surface area (TPSA) is 44.4 Å². The summed E-state index contributed by atoms with van der Waals surface area (Å²) >= 11 is 0. The molecular weight excluding hydrogens is 262 g/mol. The van der Waals surface area contributed by atoms with Crippen molar-refractivity contribution in [3.05, 3.63) is 23.8 Å². The molecule has 0 fully saturated rings. The summed E-state index contributed by atoms with van der Waals surface area (Å²) in [6.07, 6.45) is 0.495. The van der Waals surface area contributed by atoms with Crippen LogP contribution in [-0.4, -0.2) is 31.6 Å². The molecule has 4 heteroatoms. The van der Waals surface area contributed by atoms with Gasteiger partial charge in [0.05, 0.1) is 0 Å². The second kappa shape index (κ2) is 8.55. The van der Waals surface area contributed by atoms with E-state index in [0.717, 1.165) is 18.8 Å². The summed E-state index contributed by atoms with van der Waals surface area (Å²) in [7, 11) is 0. The number of carbonyl (C=O) groups is 1. The quantitative estimate of drug-likeness (QED) is 0.773. The first-order chi connectivity index (χ1) is 9.97. The molecule has 4 nitrogen and oxygen atoms in total. The highest BCUT2D eigenvalue weighted by molar-refractivity contribution is 5.76. The van der Waals surface area contributed by atoms with Crippen LogP contribution < -0.4 is 15.5 Å². The van der Waals surface area contributed by atoms with Gasteiger partial charge in [-0.05, 0) is 58.4 Å². The Balaban J connectivity index is 2.55. The maximum Gasteiger partial charge on any atom is 0.221 e. The second-order valence-electron chi connectivity index (χ2n) is 5.57.